The van der Waals surface area contributed by atoms with Gasteiger partial charge in [-0.15, -0.1) is 11.3 Å². The number of thiophene rings is 1. The van der Waals surface area contributed by atoms with Crippen molar-refractivity contribution in [3.63, 3.8) is 0 Å². The Labute approximate surface area is 121 Å². The van der Waals surface area contributed by atoms with Crippen LogP contribution >= 0.6 is 34.5 Å². The van der Waals surface area contributed by atoms with Gasteiger partial charge in [-0.3, -0.25) is 4.57 Å². The second-order valence-corrected chi connectivity index (χ2v) is 5.86. The summed E-state index contributed by atoms with van der Waals surface area (Å²) in [6.45, 7) is 0. The number of hydrogen-bond acceptors (Lipinski definition) is 3. The van der Waals surface area contributed by atoms with E-state index >= 15 is 0 Å². The number of hydrogen-bond donors (Lipinski definition) is 1. The maximum atomic E-state index is 11.3. The lowest BCUT2D eigenvalue weighted by Gasteiger charge is -2.07. The highest BCUT2D eigenvalue weighted by atomic mass is 35.5. The van der Waals surface area contributed by atoms with Crippen LogP contribution in [0.4, 0.5) is 0 Å². The third-order valence-electron chi connectivity index (χ3n) is 2.62. The molecule has 0 aliphatic carbocycles. The Bertz CT molecular complexity index is 794. The van der Waals surface area contributed by atoms with Crippen LogP contribution in [-0.4, -0.2) is 20.6 Å². The molecule has 96 valence electrons. The molecule has 0 aliphatic rings. The van der Waals surface area contributed by atoms with Crippen LogP contribution in [0.5, 0.6) is 0 Å². The summed E-state index contributed by atoms with van der Waals surface area (Å²) in [5.41, 5.74) is 0.110. The predicted octanol–water partition coefficient (Wildman–Crippen LogP) is 4.09. The lowest BCUT2D eigenvalue weighted by atomic mass is 10.3. The van der Waals surface area contributed by atoms with Crippen molar-refractivity contribution >= 4 is 50.7 Å². The van der Waals surface area contributed by atoms with Crippen molar-refractivity contribution in [3.8, 4) is 5.82 Å². The molecule has 0 atom stereocenters. The van der Waals surface area contributed by atoms with Crippen molar-refractivity contribution in [3.05, 3.63) is 45.5 Å². The van der Waals surface area contributed by atoms with E-state index in [1.807, 2.05) is 0 Å². The highest BCUT2D eigenvalue weighted by Crippen LogP contribution is 2.35. The van der Waals surface area contributed by atoms with E-state index in [1.54, 1.807) is 30.5 Å². The largest absolute Gasteiger partial charge is 0.477 e. The average molecular weight is 313 g/mol. The van der Waals surface area contributed by atoms with Crippen LogP contribution in [0.2, 0.25) is 9.36 Å². The first-order chi connectivity index (χ1) is 9.08. The number of rotatable bonds is 2. The van der Waals surface area contributed by atoms with Crippen molar-refractivity contribution in [1.29, 1.82) is 0 Å². The normalized spacial score (nSPS) is 11.1. The summed E-state index contributed by atoms with van der Waals surface area (Å²) in [5, 5.41) is 10.4. The SMILES string of the molecule is O=C(O)c1cc2cc(Cl)sc2n1-c1ncccc1Cl. The maximum absolute atomic E-state index is 11.3. The third kappa shape index (κ3) is 2.00. The molecule has 0 saturated carbocycles. The molecule has 1 N–H and O–H groups in total. The Hall–Kier alpha value is -1.56. The number of pyridine rings is 1. The van der Waals surface area contributed by atoms with Crippen LogP contribution < -0.4 is 0 Å². The highest BCUT2D eigenvalue weighted by molar-refractivity contribution is 7.22. The summed E-state index contributed by atoms with van der Waals surface area (Å²) < 4.78 is 2.10. The van der Waals surface area contributed by atoms with Gasteiger partial charge >= 0.3 is 5.97 Å². The van der Waals surface area contributed by atoms with Crippen molar-refractivity contribution in [2.75, 3.05) is 0 Å². The standard InChI is InChI=1S/C12H6Cl2N2O2S/c13-7-2-1-3-15-10(7)16-8(12(17)18)4-6-5-9(14)19-11(6)16/h1-5H,(H,17,18). The maximum Gasteiger partial charge on any atom is 0.352 e. The van der Waals surface area contributed by atoms with Crippen LogP contribution in [-0.2, 0) is 0 Å². The molecule has 4 nitrogen and oxygen atoms in total. The zero-order valence-corrected chi connectivity index (χ0v) is 11.6. The third-order valence-corrected chi connectivity index (χ3v) is 4.18. The van der Waals surface area contributed by atoms with Crippen molar-refractivity contribution in [2.24, 2.45) is 0 Å². The van der Waals surface area contributed by atoms with Crippen LogP contribution in [0.1, 0.15) is 10.5 Å². The Balaban J connectivity index is 2.40. The van der Waals surface area contributed by atoms with Gasteiger partial charge in [-0.25, -0.2) is 9.78 Å². The monoisotopic (exact) mass is 312 g/mol. The van der Waals surface area contributed by atoms with E-state index in [1.165, 1.54) is 15.9 Å². The molecule has 3 aromatic rings. The van der Waals surface area contributed by atoms with E-state index in [4.69, 9.17) is 23.2 Å². The summed E-state index contributed by atoms with van der Waals surface area (Å²) in [5.74, 6) is -0.656. The van der Waals surface area contributed by atoms with Gasteiger partial charge in [0, 0.05) is 11.6 Å². The molecule has 0 aliphatic heterocycles. The Morgan fingerprint density at radius 3 is 2.84 bits per heavy atom. The molecule has 3 heterocycles. The van der Waals surface area contributed by atoms with E-state index in [9.17, 15) is 9.90 Å². The fourth-order valence-corrected chi connectivity index (χ4v) is 3.30. The van der Waals surface area contributed by atoms with E-state index in [0.717, 1.165) is 5.39 Å². The first-order valence-corrected chi connectivity index (χ1v) is 6.80. The second kappa shape index (κ2) is 4.52. The van der Waals surface area contributed by atoms with Gasteiger partial charge in [0.05, 0.1) is 9.36 Å². The van der Waals surface area contributed by atoms with Crippen molar-refractivity contribution in [1.82, 2.24) is 9.55 Å². The summed E-state index contributed by atoms with van der Waals surface area (Å²) >= 11 is 13.3. The first kappa shape index (κ1) is 12.5. The number of aromatic nitrogens is 2. The van der Waals surface area contributed by atoms with Gasteiger partial charge in [0.1, 0.15) is 10.5 Å². The minimum absolute atomic E-state index is 0.110. The molecule has 0 spiro atoms. The van der Waals surface area contributed by atoms with Gasteiger partial charge in [0.2, 0.25) is 0 Å². The topological polar surface area (TPSA) is 55.1 Å². The molecular weight excluding hydrogens is 307 g/mol. The van der Waals surface area contributed by atoms with Gasteiger partial charge < -0.3 is 5.11 Å². The predicted molar refractivity (Wildman–Crippen MR) is 75.9 cm³/mol. The minimum atomic E-state index is -1.04. The summed E-state index contributed by atoms with van der Waals surface area (Å²) in [6.07, 6.45) is 1.56. The van der Waals surface area contributed by atoms with Gasteiger partial charge in [0.25, 0.3) is 0 Å². The minimum Gasteiger partial charge on any atom is -0.477 e. The molecule has 0 radical (unpaired) electrons. The quantitative estimate of drug-likeness (QED) is 0.775. The Morgan fingerprint density at radius 1 is 1.37 bits per heavy atom. The lowest BCUT2D eigenvalue weighted by Crippen LogP contribution is -2.07. The highest BCUT2D eigenvalue weighted by Gasteiger charge is 2.20. The Morgan fingerprint density at radius 2 is 2.16 bits per heavy atom. The number of carboxylic acid groups (broad SMARTS) is 1. The van der Waals surface area contributed by atoms with Gasteiger partial charge in [-0.2, -0.15) is 0 Å². The zero-order chi connectivity index (χ0) is 13.6. The fourth-order valence-electron chi connectivity index (χ4n) is 1.87. The van der Waals surface area contributed by atoms with E-state index in [2.05, 4.69) is 4.98 Å². The molecule has 0 bridgehead atoms. The van der Waals surface area contributed by atoms with Crippen molar-refractivity contribution in [2.45, 2.75) is 0 Å². The number of fused-ring (bicyclic) bond motifs is 1. The molecule has 0 saturated heterocycles. The molecule has 19 heavy (non-hydrogen) atoms. The number of aromatic carboxylic acids is 1. The molecule has 0 unspecified atom stereocenters. The van der Waals surface area contributed by atoms with Crippen LogP contribution in [0, 0.1) is 0 Å². The van der Waals surface area contributed by atoms with Crippen molar-refractivity contribution < 1.29 is 9.90 Å². The smallest absolute Gasteiger partial charge is 0.352 e. The van der Waals surface area contributed by atoms with Gasteiger partial charge in [0.15, 0.2) is 5.82 Å². The fraction of sp³-hybridized carbons (Fsp3) is 0. The molecule has 3 aromatic heterocycles. The van der Waals surface area contributed by atoms with Gasteiger partial charge in [-0.05, 0) is 24.3 Å². The van der Waals surface area contributed by atoms with Gasteiger partial charge in [-0.1, -0.05) is 23.2 Å². The average Bonchev–Trinajstić information content (AvgIpc) is 2.86. The second-order valence-electron chi connectivity index (χ2n) is 3.79. The zero-order valence-electron chi connectivity index (χ0n) is 9.30. The van der Waals surface area contributed by atoms with Crippen LogP contribution in [0.25, 0.3) is 16.0 Å². The molecule has 0 fully saturated rings. The summed E-state index contributed by atoms with van der Waals surface area (Å²) in [7, 11) is 0. The van der Waals surface area contributed by atoms with E-state index in [0.29, 0.717) is 20.0 Å². The summed E-state index contributed by atoms with van der Waals surface area (Å²) in [4.78, 5) is 16.2. The van der Waals surface area contributed by atoms with E-state index < -0.39 is 5.97 Å². The molecule has 0 aromatic carbocycles. The Kier molecular flexibility index (Phi) is 2.97. The molecule has 0 amide bonds. The molecular formula is C12H6Cl2N2O2S. The van der Waals surface area contributed by atoms with Crippen LogP contribution in [0.3, 0.4) is 0 Å². The molecule has 7 heteroatoms. The van der Waals surface area contributed by atoms with E-state index in [-0.39, 0.29) is 5.69 Å². The number of halogens is 2. The first-order valence-electron chi connectivity index (χ1n) is 5.23. The number of nitrogens with zero attached hydrogens (tertiary/aromatic N) is 2. The number of carbonyl (C=O) groups is 1. The van der Waals surface area contributed by atoms with Crippen LogP contribution in [0.15, 0.2) is 30.5 Å². The lowest BCUT2D eigenvalue weighted by molar-refractivity contribution is 0.0688. The summed E-state index contributed by atoms with van der Waals surface area (Å²) in [6, 6.07) is 6.64. The number of carboxylic acids is 1. The molecule has 3 rings (SSSR count).